The zero-order valence-corrected chi connectivity index (χ0v) is 11.7. The number of nitrogen functional groups attached to an aromatic ring is 1. The van der Waals surface area contributed by atoms with Gasteiger partial charge in [0, 0.05) is 6.04 Å². The molecule has 3 N–H and O–H groups in total. The number of rotatable bonds is 2. The molecule has 2 atom stereocenters. The van der Waals surface area contributed by atoms with Crippen LogP contribution in [-0.4, -0.2) is 33.2 Å². The molecule has 0 saturated carbocycles. The van der Waals surface area contributed by atoms with E-state index in [9.17, 15) is 0 Å². The van der Waals surface area contributed by atoms with Gasteiger partial charge in [0.2, 0.25) is 0 Å². The molecule has 2 unspecified atom stereocenters. The molecule has 1 saturated heterocycles. The highest BCUT2D eigenvalue weighted by Gasteiger charge is 2.25. The third-order valence-corrected chi connectivity index (χ3v) is 3.56. The van der Waals surface area contributed by atoms with Crippen LogP contribution < -0.4 is 11.1 Å². The first-order chi connectivity index (χ1) is 9.61. The summed E-state index contributed by atoms with van der Waals surface area (Å²) in [5.74, 6) is 1.28. The van der Waals surface area contributed by atoms with Gasteiger partial charge in [-0.05, 0) is 38.8 Å². The van der Waals surface area contributed by atoms with Gasteiger partial charge in [-0.25, -0.2) is 15.0 Å². The molecule has 1 fully saturated rings. The summed E-state index contributed by atoms with van der Waals surface area (Å²) in [7, 11) is 0. The highest BCUT2D eigenvalue weighted by atomic mass is 16.5. The van der Waals surface area contributed by atoms with Gasteiger partial charge in [0.05, 0.1) is 17.6 Å². The molecule has 0 bridgehead atoms. The van der Waals surface area contributed by atoms with E-state index >= 15 is 0 Å². The van der Waals surface area contributed by atoms with Crippen molar-refractivity contribution >= 4 is 22.7 Å². The van der Waals surface area contributed by atoms with Crippen LogP contribution in [0.3, 0.4) is 0 Å². The number of pyridine rings is 1. The minimum Gasteiger partial charge on any atom is -0.384 e. The van der Waals surface area contributed by atoms with E-state index in [0.717, 1.165) is 24.0 Å². The van der Waals surface area contributed by atoms with Crippen molar-refractivity contribution in [3.8, 4) is 0 Å². The summed E-state index contributed by atoms with van der Waals surface area (Å²) < 4.78 is 5.76. The van der Waals surface area contributed by atoms with Gasteiger partial charge in [-0.3, -0.25) is 0 Å². The van der Waals surface area contributed by atoms with Gasteiger partial charge in [0.15, 0.2) is 5.65 Å². The van der Waals surface area contributed by atoms with Crippen LogP contribution in [0.25, 0.3) is 11.0 Å². The first kappa shape index (κ1) is 13.1. The maximum atomic E-state index is 5.76. The molecule has 6 heteroatoms. The van der Waals surface area contributed by atoms with E-state index in [1.807, 2.05) is 6.07 Å². The van der Waals surface area contributed by atoms with E-state index in [0.29, 0.717) is 17.5 Å². The number of nitrogens with zero attached hydrogens (tertiary/aromatic N) is 3. The highest BCUT2D eigenvalue weighted by molar-refractivity contribution is 5.87. The van der Waals surface area contributed by atoms with E-state index in [4.69, 9.17) is 10.5 Å². The molecule has 0 amide bonds. The second kappa shape index (κ2) is 5.20. The van der Waals surface area contributed by atoms with Crippen LogP contribution in [0.2, 0.25) is 0 Å². The quantitative estimate of drug-likeness (QED) is 0.870. The molecule has 3 rings (SSSR count). The molecule has 6 nitrogen and oxygen atoms in total. The number of ether oxygens (including phenoxy) is 1. The second-order valence-corrected chi connectivity index (χ2v) is 5.40. The van der Waals surface area contributed by atoms with Crippen molar-refractivity contribution in [3.05, 3.63) is 18.5 Å². The van der Waals surface area contributed by atoms with Gasteiger partial charge < -0.3 is 15.8 Å². The van der Waals surface area contributed by atoms with E-state index in [2.05, 4.69) is 34.1 Å². The Morgan fingerprint density at radius 3 is 2.70 bits per heavy atom. The number of fused-ring (bicyclic) bond motifs is 1. The highest BCUT2D eigenvalue weighted by Crippen LogP contribution is 2.25. The standard InChI is InChI=1S/C14H19N5O/c1-8-5-10(6-9(2)20-8)18-13-11-3-4-12(15)19-14(11)17-7-16-13/h3-4,7-10H,5-6H2,1-2H3,(H3,15,16,17,18,19). The van der Waals surface area contributed by atoms with Gasteiger partial charge >= 0.3 is 0 Å². The summed E-state index contributed by atoms with van der Waals surface area (Å²) in [4.78, 5) is 12.7. The molecule has 106 valence electrons. The largest absolute Gasteiger partial charge is 0.384 e. The van der Waals surface area contributed by atoms with E-state index < -0.39 is 0 Å². The van der Waals surface area contributed by atoms with Crippen molar-refractivity contribution in [3.63, 3.8) is 0 Å². The SMILES string of the molecule is CC1CC(Nc2ncnc3nc(N)ccc23)CC(C)O1. The van der Waals surface area contributed by atoms with Crippen LogP contribution in [0.4, 0.5) is 11.6 Å². The monoisotopic (exact) mass is 273 g/mol. The lowest BCUT2D eigenvalue weighted by Crippen LogP contribution is -2.37. The minimum atomic E-state index is 0.262. The molecule has 1 aliphatic heterocycles. The van der Waals surface area contributed by atoms with Crippen molar-refractivity contribution in [2.24, 2.45) is 0 Å². The van der Waals surface area contributed by atoms with Crippen LogP contribution in [-0.2, 0) is 4.74 Å². The summed E-state index contributed by atoms with van der Waals surface area (Å²) in [6.45, 7) is 4.20. The fourth-order valence-electron chi connectivity index (χ4n) is 2.79. The normalized spacial score (nSPS) is 26.6. The van der Waals surface area contributed by atoms with Gasteiger partial charge in [-0.2, -0.15) is 0 Å². The maximum Gasteiger partial charge on any atom is 0.166 e. The summed E-state index contributed by atoms with van der Waals surface area (Å²) in [5, 5.41) is 4.39. The first-order valence-corrected chi connectivity index (χ1v) is 6.91. The Kier molecular flexibility index (Phi) is 3.40. The summed E-state index contributed by atoms with van der Waals surface area (Å²) in [6, 6.07) is 4.03. The predicted octanol–water partition coefficient (Wildman–Crippen LogP) is 1.97. The Labute approximate surface area is 117 Å². The molecule has 2 aromatic heterocycles. The van der Waals surface area contributed by atoms with Gasteiger partial charge in [0.25, 0.3) is 0 Å². The molecule has 2 aromatic rings. The van der Waals surface area contributed by atoms with Crippen molar-refractivity contribution in [2.45, 2.75) is 44.9 Å². The molecule has 20 heavy (non-hydrogen) atoms. The lowest BCUT2D eigenvalue weighted by molar-refractivity contribution is -0.0338. The van der Waals surface area contributed by atoms with Crippen molar-refractivity contribution < 1.29 is 4.74 Å². The van der Waals surface area contributed by atoms with Gasteiger partial charge in [-0.1, -0.05) is 0 Å². The van der Waals surface area contributed by atoms with Crippen molar-refractivity contribution in [1.29, 1.82) is 0 Å². The lowest BCUT2D eigenvalue weighted by atomic mass is 10.00. The average molecular weight is 273 g/mol. The average Bonchev–Trinajstić information content (AvgIpc) is 2.37. The zero-order valence-electron chi connectivity index (χ0n) is 11.7. The maximum absolute atomic E-state index is 5.76. The fraction of sp³-hybridized carbons (Fsp3) is 0.500. The number of hydrogen-bond acceptors (Lipinski definition) is 6. The van der Waals surface area contributed by atoms with Gasteiger partial charge in [0.1, 0.15) is 18.0 Å². The molecular weight excluding hydrogens is 254 g/mol. The molecule has 0 aromatic carbocycles. The number of aromatic nitrogens is 3. The molecule has 0 radical (unpaired) electrons. The van der Waals surface area contributed by atoms with Crippen LogP contribution in [0.5, 0.6) is 0 Å². The van der Waals surface area contributed by atoms with E-state index in [1.54, 1.807) is 6.07 Å². The number of anilines is 2. The Balaban J connectivity index is 1.87. The fourth-order valence-corrected chi connectivity index (χ4v) is 2.79. The number of nitrogens with one attached hydrogen (secondary N) is 1. The topological polar surface area (TPSA) is 86.0 Å². The van der Waals surface area contributed by atoms with Crippen LogP contribution in [0, 0.1) is 0 Å². The number of nitrogens with two attached hydrogens (primary N) is 1. The Bertz CT molecular complexity index is 608. The first-order valence-electron chi connectivity index (χ1n) is 6.91. The smallest absolute Gasteiger partial charge is 0.166 e. The molecule has 3 heterocycles. The molecular formula is C14H19N5O. The van der Waals surface area contributed by atoms with Crippen molar-refractivity contribution in [1.82, 2.24) is 15.0 Å². The predicted molar refractivity (Wildman–Crippen MR) is 78.4 cm³/mol. The van der Waals surface area contributed by atoms with Crippen LogP contribution >= 0.6 is 0 Å². The number of hydrogen-bond donors (Lipinski definition) is 2. The Morgan fingerprint density at radius 2 is 1.95 bits per heavy atom. The lowest BCUT2D eigenvalue weighted by Gasteiger charge is -2.32. The van der Waals surface area contributed by atoms with Crippen LogP contribution in [0.1, 0.15) is 26.7 Å². The molecule has 1 aliphatic rings. The van der Waals surface area contributed by atoms with E-state index in [1.165, 1.54) is 6.33 Å². The third kappa shape index (κ3) is 2.65. The van der Waals surface area contributed by atoms with Crippen LogP contribution in [0.15, 0.2) is 18.5 Å². The second-order valence-electron chi connectivity index (χ2n) is 5.40. The van der Waals surface area contributed by atoms with Crippen molar-refractivity contribution in [2.75, 3.05) is 11.1 Å². The zero-order chi connectivity index (χ0) is 14.1. The van der Waals surface area contributed by atoms with E-state index in [-0.39, 0.29) is 12.2 Å². The minimum absolute atomic E-state index is 0.262. The summed E-state index contributed by atoms with van der Waals surface area (Å²) in [6.07, 6.45) is 3.98. The third-order valence-electron chi connectivity index (χ3n) is 3.56. The Hall–Kier alpha value is -1.95. The molecule has 0 spiro atoms. The molecule has 0 aliphatic carbocycles. The summed E-state index contributed by atoms with van der Waals surface area (Å²) in [5.41, 5.74) is 6.31. The summed E-state index contributed by atoms with van der Waals surface area (Å²) >= 11 is 0. The van der Waals surface area contributed by atoms with Gasteiger partial charge in [-0.15, -0.1) is 0 Å². The Morgan fingerprint density at radius 1 is 1.20 bits per heavy atom.